The van der Waals surface area contributed by atoms with Gasteiger partial charge in [0.15, 0.2) is 17.5 Å². The summed E-state index contributed by atoms with van der Waals surface area (Å²) >= 11 is 0. The summed E-state index contributed by atoms with van der Waals surface area (Å²) in [6.07, 6.45) is 1.90. The predicted octanol–water partition coefficient (Wildman–Crippen LogP) is 9.42. The fourth-order valence-electron chi connectivity index (χ4n) is 6.21. The highest BCUT2D eigenvalue weighted by atomic mass is 15.2. The summed E-state index contributed by atoms with van der Waals surface area (Å²) in [6, 6.07) is 47.2. The molecule has 45 heavy (non-hydrogen) atoms. The number of fused-ring (bicyclic) bond motifs is 4. The minimum Gasteiger partial charge on any atom is -0.294 e. The number of benzene rings is 5. The van der Waals surface area contributed by atoms with Gasteiger partial charge in [-0.25, -0.2) is 19.9 Å². The van der Waals surface area contributed by atoms with Crippen molar-refractivity contribution >= 4 is 38.9 Å². The van der Waals surface area contributed by atoms with Crippen LogP contribution in [0.4, 0.5) is 17.2 Å². The van der Waals surface area contributed by atoms with E-state index in [0.717, 1.165) is 66.8 Å². The third-order valence-corrected chi connectivity index (χ3v) is 8.27. The molecule has 9 rings (SSSR count). The number of aromatic nitrogens is 5. The fraction of sp³-hybridized carbons (Fsp3) is 0. The van der Waals surface area contributed by atoms with Crippen LogP contribution in [-0.4, -0.2) is 24.9 Å². The molecule has 0 amide bonds. The molecular formula is C39H24N6. The Bertz CT molecular complexity index is 2330. The molecule has 3 aromatic heterocycles. The van der Waals surface area contributed by atoms with E-state index in [1.54, 1.807) is 0 Å². The summed E-state index contributed by atoms with van der Waals surface area (Å²) in [7, 11) is 0. The molecule has 0 saturated heterocycles. The summed E-state index contributed by atoms with van der Waals surface area (Å²) in [5.41, 5.74) is 7.69. The Kier molecular flexibility index (Phi) is 5.71. The molecule has 8 aromatic rings. The molecule has 0 saturated carbocycles. The molecular weight excluding hydrogens is 552 g/mol. The van der Waals surface area contributed by atoms with E-state index in [1.165, 1.54) is 0 Å². The number of hydrogen-bond donors (Lipinski definition) is 0. The Morgan fingerprint density at radius 1 is 0.467 bits per heavy atom. The molecule has 210 valence electrons. The standard InChI is InChI=1S/C39H24N6/c1-3-12-25(13-4-1)36-42-37(26-14-5-2-6-15-26)44-38(43-36)27-16-11-17-28(24-27)45-33-21-10-8-19-31(33)35-34-30(22-23-40-35)29-18-7-9-20-32(29)41-39(34)45/h1-24H. The summed E-state index contributed by atoms with van der Waals surface area (Å²) < 4.78 is 0. The number of para-hydroxylation sites is 2. The monoisotopic (exact) mass is 576 g/mol. The lowest BCUT2D eigenvalue weighted by Gasteiger charge is -2.32. The van der Waals surface area contributed by atoms with E-state index < -0.39 is 0 Å². The van der Waals surface area contributed by atoms with Crippen LogP contribution in [0.5, 0.6) is 0 Å². The molecule has 0 fully saturated rings. The zero-order valence-electron chi connectivity index (χ0n) is 24.0. The lowest BCUT2D eigenvalue weighted by molar-refractivity contribution is 1.07. The lowest BCUT2D eigenvalue weighted by Crippen LogP contribution is -2.17. The van der Waals surface area contributed by atoms with E-state index in [9.17, 15) is 0 Å². The van der Waals surface area contributed by atoms with Crippen LogP contribution in [0.1, 0.15) is 0 Å². The largest absolute Gasteiger partial charge is 0.294 e. The first kappa shape index (κ1) is 25.2. The van der Waals surface area contributed by atoms with Gasteiger partial charge in [-0.15, -0.1) is 0 Å². The maximum atomic E-state index is 5.25. The van der Waals surface area contributed by atoms with Crippen LogP contribution in [-0.2, 0) is 0 Å². The first-order chi connectivity index (χ1) is 22.3. The van der Waals surface area contributed by atoms with Gasteiger partial charge in [-0.05, 0) is 35.7 Å². The number of nitrogens with zero attached hydrogens (tertiary/aromatic N) is 6. The Hall–Kier alpha value is -6.27. The summed E-state index contributed by atoms with van der Waals surface area (Å²) in [5.74, 6) is 2.72. The van der Waals surface area contributed by atoms with Crippen molar-refractivity contribution < 1.29 is 0 Å². The molecule has 6 nitrogen and oxygen atoms in total. The van der Waals surface area contributed by atoms with Gasteiger partial charge in [0, 0.05) is 39.5 Å². The van der Waals surface area contributed by atoms with Crippen molar-refractivity contribution in [2.45, 2.75) is 0 Å². The average molecular weight is 577 g/mol. The van der Waals surface area contributed by atoms with E-state index in [-0.39, 0.29) is 0 Å². The lowest BCUT2D eigenvalue weighted by atomic mass is 9.95. The van der Waals surface area contributed by atoms with E-state index in [4.69, 9.17) is 24.9 Å². The van der Waals surface area contributed by atoms with Crippen LogP contribution in [0.15, 0.2) is 146 Å². The van der Waals surface area contributed by atoms with E-state index >= 15 is 0 Å². The van der Waals surface area contributed by atoms with E-state index in [2.05, 4.69) is 77.7 Å². The van der Waals surface area contributed by atoms with Gasteiger partial charge in [0.05, 0.1) is 22.3 Å². The molecule has 0 atom stereocenters. The van der Waals surface area contributed by atoms with Gasteiger partial charge in [-0.3, -0.25) is 9.88 Å². The molecule has 6 heteroatoms. The summed E-state index contributed by atoms with van der Waals surface area (Å²) in [4.78, 5) is 27.2. The van der Waals surface area contributed by atoms with Crippen LogP contribution in [0.2, 0.25) is 0 Å². The van der Waals surface area contributed by atoms with Crippen molar-refractivity contribution in [2.75, 3.05) is 4.90 Å². The molecule has 0 unspecified atom stereocenters. The molecule has 4 heterocycles. The van der Waals surface area contributed by atoms with Crippen molar-refractivity contribution in [3.8, 4) is 45.4 Å². The third kappa shape index (κ3) is 4.15. The van der Waals surface area contributed by atoms with Crippen molar-refractivity contribution in [3.63, 3.8) is 0 Å². The SMILES string of the molecule is c1ccc(-c2nc(-c3ccccc3)nc(-c3cccc(N4c5ccccc5-c5nccc6c5c4nc4ccccc46)c3)n2)cc1. The molecule has 0 N–H and O–H groups in total. The molecule has 1 aliphatic heterocycles. The Morgan fingerprint density at radius 3 is 1.84 bits per heavy atom. The highest BCUT2D eigenvalue weighted by Gasteiger charge is 2.29. The maximum absolute atomic E-state index is 5.25. The van der Waals surface area contributed by atoms with Gasteiger partial charge >= 0.3 is 0 Å². The first-order valence-electron chi connectivity index (χ1n) is 14.9. The van der Waals surface area contributed by atoms with Crippen LogP contribution in [0, 0.1) is 0 Å². The Labute approximate surface area is 259 Å². The molecule has 0 bridgehead atoms. The second-order valence-corrected chi connectivity index (χ2v) is 11.0. The van der Waals surface area contributed by atoms with Gasteiger partial charge in [-0.1, -0.05) is 109 Å². The van der Waals surface area contributed by atoms with Gasteiger partial charge in [0.2, 0.25) is 0 Å². The van der Waals surface area contributed by atoms with E-state index in [0.29, 0.717) is 17.5 Å². The van der Waals surface area contributed by atoms with Gasteiger partial charge < -0.3 is 0 Å². The maximum Gasteiger partial charge on any atom is 0.164 e. The quantitative estimate of drug-likeness (QED) is 0.194. The second kappa shape index (κ2) is 10.2. The molecule has 1 aliphatic rings. The summed E-state index contributed by atoms with van der Waals surface area (Å²) in [6.45, 7) is 0. The van der Waals surface area contributed by atoms with Crippen LogP contribution in [0.3, 0.4) is 0 Å². The van der Waals surface area contributed by atoms with Crippen molar-refractivity contribution in [1.29, 1.82) is 0 Å². The molecule has 0 aliphatic carbocycles. The zero-order chi connectivity index (χ0) is 29.7. The van der Waals surface area contributed by atoms with Crippen LogP contribution < -0.4 is 4.90 Å². The number of pyridine rings is 2. The minimum atomic E-state index is 0.605. The molecule has 5 aromatic carbocycles. The highest BCUT2D eigenvalue weighted by Crippen LogP contribution is 2.50. The van der Waals surface area contributed by atoms with Crippen molar-refractivity contribution in [2.24, 2.45) is 0 Å². The third-order valence-electron chi connectivity index (χ3n) is 8.27. The van der Waals surface area contributed by atoms with Crippen molar-refractivity contribution in [3.05, 3.63) is 146 Å². The van der Waals surface area contributed by atoms with Crippen molar-refractivity contribution in [1.82, 2.24) is 24.9 Å². The number of hydrogen-bond acceptors (Lipinski definition) is 6. The Morgan fingerprint density at radius 2 is 1.09 bits per heavy atom. The molecule has 0 spiro atoms. The second-order valence-electron chi connectivity index (χ2n) is 11.0. The highest BCUT2D eigenvalue weighted by molar-refractivity contribution is 6.19. The van der Waals surface area contributed by atoms with Gasteiger partial charge in [-0.2, -0.15) is 0 Å². The van der Waals surface area contributed by atoms with Crippen LogP contribution >= 0.6 is 0 Å². The predicted molar refractivity (Wildman–Crippen MR) is 180 cm³/mol. The zero-order valence-corrected chi connectivity index (χ0v) is 24.0. The van der Waals surface area contributed by atoms with Gasteiger partial charge in [0.1, 0.15) is 5.82 Å². The van der Waals surface area contributed by atoms with E-state index in [1.807, 2.05) is 72.9 Å². The summed E-state index contributed by atoms with van der Waals surface area (Å²) in [5, 5.41) is 3.28. The minimum absolute atomic E-state index is 0.605. The first-order valence-corrected chi connectivity index (χ1v) is 14.9. The number of rotatable bonds is 4. The molecule has 0 radical (unpaired) electrons. The average Bonchev–Trinajstić information content (AvgIpc) is 3.12. The smallest absolute Gasteiger partial charge is 0.164 e. The normalized spacial score (nSPS) is 12.0. The van der Waals surface area contributed by atoms with Crippen LogP contribution in [0.25, 0.3) is 67.1 Å². The Balaban J connectivity index is 1.27. The number of anilines is 3. The fourth-order valence-corrected chi connectivity index (χ4v) is 6.21. The topological polar surface area (TPSA) is 67.7 Å². The van der Waals surface area contributed by atoms with Gasteiger partial charge in [0.25, 0.3) is 0 Å².